The van der Waals surface area contributed by atoms with Crippen molar-refractivity contribution in [3.8, 4) is 0 Å². The SMILES string of the molecule is O=C(Nc1ccccn1)c1cccc(NC(=O)C2CCCCC2)c1. The molecular weight excluding hydrogens is 302 g/mol. The Labute approximate surface area is 141 Å². The number of nitrogens with zero attached hydrogens (tertiary/aromatic N) is 1. The summed E-state index contributed by atoms with van der Waals surface area (Å²) in [5.41, 5.74) is 1.14. The van der Waals surface area contributed by atoms with E-state index >= 15 is 0 Å². The van der Waals surface area contributed by atoms with E-state index < -0.39 is 0 Å². The molecule has 0 radical (unpaired) electrons. The van der Waals surface area contributed by atoms with E-state index in [0.717, 1.165) is 25.7 Å². The van der Waals surface area contributed by atoms with Crippen LogP contribution in [0.2, 0.25) is 0 Å². The van der Waals surface area contributed by atoms with Crippen molar-refractivity contribution in [3.05, 3.63) is 54.2 Å². The van der Waals surface area contributed by atoms with Crippen LogP contribution in [-0.4, -0.2) is 16.8 Å². The van der Waals surface area contributed by atoms with Crippen LogP contribution < -0.4 is 10.6 Å². The van der Waals surface area contributed by atoms with Crippen molar-refractivity contribution in [3.63, 3.8) is 0 Å². The number of pyridine rings is 1. The molecule has 1 fully saturated rings. The van der Waals surface area contributed by atoms with Crippen LogP contribution in [0, 0.1) is 5.92 Å². The van der Waals surface area contributed by atoms with E-state index in [1.54, 1.807) is 42.6 Å². The fourth-order valence-electron chi connectivity index (χ4n) is 2.97. The Morgan fingerprint density at radius 1 is 0.958 bits per heavy atom. The lowest BCUT2D eigenvalue weighted by molar-refractivity contribution is -0.120. The number of carbonyl (C=O) groups excluding carboxylic acids is 2. The van der Waals surface area contributed by atoms with Gasteiger partial charge in [0.05, 0.1) is 0 Å². The third-order valence-electron chi connectivity index (χ3n) is 4.27. The quantitative estimate of drug-likeness (QED) is 0.897. The van der Waals surface area contributed by atoms with Gasteiger partial charge in [-0.2, -0.15) is 0 Å². The highest BCUT2D eigenvalue weighted by Crippen LogP contribution is 2.25. The standard InChI is InChI=1S/C19H21N3O2/c23-18(14-7-2-1-3-8-14)21-16-10-6-9-15(13-16)19(24)22-17-11-4-5-12-20-17/h4-6,9-14H,1-3,7-8H2,(H,21,23)(H,20,22,24). The first-order chi connectivity index (χ1) is 11.7. The minimum absolute atomic E-state index is 0.0528. The zero-order valence-electron chi connectivity index (χ0n) is 13.5. The minimum atomic E-state index is -0.248. The lowest BCUT2D eigenvalue weighted by Gasteiger charge is -2.20. The maximum atomic E-state index is 12.3. The lowest BCUT2D eigenvalue weighted by Crippen LogP contribution is -2.24. The number of anilines is 2. The maximum Gasteiger partial charge on any atom is 0.256 e. The summed E-state index contributed by atoms with van der Waals surface area (Å²) in [6.07, 6.45) is 6.97. The van der Waals surface area contributed by atoms with Crippen LogP contribution in [0.4, 0.5) is 11.5 Å². The highest BCUT2D eigenvalue weighted by atomic mass is 16.2. The molecule has 124 valence electrons. The molecule has 0 saturated heterocycles. The molecule has 1 saturated carbocycles. The van der Waals surface area contributed by atoms with E-state index in [2.05, 4.69) is 15.6 Å². The van der Waals surface area contributed by atoms with Gasteiger partial charge in [-0.25, -0.2) is 4.98 Å². The van der Waals surface area contributed by atoms with Gasteiger partial charge >= 0.3 is 0 Å². The Hall–Kier alpha value is -2.69. The molecule has 0 unspecified atom stereocenters. The van der Waals surface area contributed by atoms with Crippen molar-refractivity contribution in [2.24, 2.45) is 5.92 Å². The number of amides is 2. The molecule has 2 amide bonds. The normalized spacial score (nSPS) is 14.8. The molecule has 0 atom stereocenters. The Morgan fingerprint density at radius 2 is 1.79 bits per heavy atom. The lowest BCUT2D eigenvalue weighted by atomic mass is 9.88. The summed E-state index contributed by atoms with van der Waals surface area (Å²) in [5.74, 6) is 0.392. The summed E-state index contributed by atoms with van der Waals surface area (Å²) in [5, 5.41) is 5.68. The van der Waals surface area contributed by atoms with Crippen LogP contribution in [0.3, 0.4) is 0 Å². The summed E-state index contributed by atoms with van der Waals surface area (Å²) >= 11 is 0. The van der Waals surface area contributed by atoms with Gasteiger partial charge < -0.3 is 10.6 Å². The molecule has 1 heterocycles. The van der Waals surface area contributed by atoms with Gasteiger partial charge in [-0.3, -0.25) is 9.59 Å². The second-order valence-electron chi connectivity index (χ2n) is 6.07. The highest BCUT2D eigenvalue weighted by Gasteiger charge is 2.21. The number of carbonyl (C=O) groups is 2. The predicted octanol–water partition coefficient (Wildman–Crippen LogP) is 3.85. The van der Waals surface area contributed by atoms with Crippen LogP contribution >= 0.6 is 0 Å². The molecular formula is C19H21N3O2. The van der Waals surface area contributed by atoms with Gasteiger partial charge in [0, 0.05) is 23.4 Å². The van der Waals surface area contributed by atoms with E-state index in [1.807, 2.05) is 6.07 Å². The summed E-state index contributed by atoms with van der Waals surface area (Å²) in [6, 6.07) is 12.3. The Kier molecular flexibility index (Phi) is 5.21. The monoisotopic (exact) mass is 323 g/mol. The molecule has 2 N–H and O–H groups in total. The Balaban J connectivity index is 1.65. The van der Waals surface area contributed by atoms with Gasteiger partial charge in [-0.05, 0) is 43.2 Å². The highest BCUT2D eigenvalue weighted by molar-refractivity contribution is 6.05. The van der Waals surface area contributed by atoms with Crippen LogP contribution in [0.25, 0.3) is 0 Å². The predicted molar refractivity (Wildman–Crippen MR) is 93.8 cm³/mol. The fourth-order valence-corrected chi connectivity index (χ4v) is 2.97. The molecule has 1 aliphatic carbocycles. The molecule has 3 rings (SSSR count). The zero-order chi connectivity index (χ0) is 16.8. The first-order valence-electron chi connectivity index (χ1n) is 8.36. The molecule has 1 aromatic carbocycles. The maximum absolute atomic E-state index is 12.3. The van der Waals surface area contributed by atoms with Crippen molar-refractivity contribution in [1.29, 1.82) is 0 Å². The van der Waals surface area contributed by atoms with Crippen molar-refractivity contribution in [1.82, 2.24) is 4.98 Å². The molecule has 5 nitrogen and oxygen atoms in total. The van der Waals surface area contributed by atoms with Crippen molar-refractivity contribution in [2.45, 2.75) is 32.1 Å². The molecule has 2 aromatic rings. The number of aromatic nitrogens is 1. The Bertz CT molecular complexity index is 710. The number of hydrogen-bond donors (Lipinski definition) is 2. The molecule has 1 aliphatic rings. The van der Waals surface area contributed by atoms with Gasteiger partial charge in [-0.15, -0.1) is 0 Å². The molecule has 5 heteroatoms. The van der Waals surface area contributed by atoms with Gasteiger partial charge in [0.1, 0.15) is 5.82 Å². The second kappa shape index (κ2) is 7.73. The van der Waals surface area contributed by atoms with E-state index in [9.17, 15) is 9.59 Å². The summed E-state index contributed by atoms with van der Waals surface area (Å²) in [6.45, 7) is 0. The van der Waals surface area contributed by atoms with Crippen LogP contribution in [-0.2, 0) is 4.79 Å². The van der Waals surface area contributed by atoms with E-state index in [1.165, 1.54) is 6.42 Å². The minimum Gasteiger partial charge on any atom is -0.326 e. The third-order valence-corrected chi connectivity index (χ3v) is 4.27. The van der Waals surface area contributed by atoms with Crippen molar-refractivity contribution < 1.29 is 9.59 Å². The van der Waals surface area contributed by atoms with Crippen molar-refractivity contribution >= 4 is 23.3 Å². The molecule has 24 heavy (non-hydrogen) atoms. The van der Waals surface area contributed by atoms with E-state index in [-0.39, 0.29) is 17.7 Å². The smallest absolute Gasteiger partial charge is 0.256 e. The molecule has 0 bridgehead atoms. The van der Waals surface area contributed by atoms with Crippen LogP contribution in [0.1, 0.15) is 42.5 Å². The zero-order valence-corrected chi connectivity index (χ0v) is 13.5. The third kappa shape index (κ3) is 4.19. The first kappa shape index (κ1) is 16.2. The second-order valence-corrected chi connectivity index (χ2v) is 6.07. The van der Waals surface area contributed by atoms with Gasteiger partial charge in [0.25, 0.3) is 5.91 Å². The average Bonchev–Trinajstić information content (AvgIpc) is 2.63. The van der Waals surface area contributed by atoms with Crippen molar-refractivity contribution in [2.75, 3.05) is 10.6 Å². The topological polar surface area (TPSA) is 71.1 Å². The Morgan fingerprint density at radius 3 is 2.54 bits per heavy atom. The summed E-state index contributed by atoms with van der Waals surface area (Å²) < 4.78 is 0. The van der Waals surface area contributed by atoms with Gasteiger partial charge in [-0.1, -0.05) is 31.4 Å². The van der Waals surface area contributed by atoms with Gasteiger partial charge in [0.15, 0.2) is 0 Å². The summed E-state index contributed by atoms with van der Waals surface area (Å²) in [4.78, 5) is 28.7. The fraction of sp³-hybridized carbons (Fsp3) is 0.316. The number of hydrogen-bond acceptors (Lipinski definition) is 3. The van der Waals surface area contributed by atoms with Gasteiger partial charge in [0.2, 0.25) is 5.91 Å². The van der Waals surface area contributed by atoms with E-state index in [4.69, 9.17) is 0 Å². The molecule has 1 aromatic heterocycles. The van der Waals surface area contributed by atoms with Crippen LogP contribution in [0.15, 0.2) is 48.7 Å². The average molecular weight is 323 g/mol. The van der Waals surface area contributed by atoms with E-state index in [0.29, 0.717) is 17.1 Å². The molecule has 0 spiro atoms. The number of benzene rings is 1. The summed E-state index contributed by atoms with van der Waals surface area (Å²) in [7, 11) is 0. The largest absolute Gasteiger partial charge is 0.326 e. The number of nitrogens with one attached hydrogen (secondary N) is 2. The molecule has 0 aliphatic heterocycles. The number of rotatable bonds is 4. The van der Waals surface area contributed by atoms with Crippen LogP contribution in [0.5, 0.6) is 0 Å². The first-order valence-corrected chi connectivity index (χ1v) is 8.36.